The molecule has 6 N–H and O–H groups in total. The van der Waals surface area contributed by atoms with Crippen molar-refractivity contribution in [3.63, 3.8) is 0 Å². The molecule has 30 heavy (non-hydrogen) atoms. The first-order chi connectivity index (χ1) is 14.3. The van der Waals surface area contributed by atoms with Crippen molar-refractivity contribution in [1.82, 2.24) is 9.03 Å². The molecule has 0 saturated carbocycles. The Hall–Kier alpha value is -1.64. The number of para-hydroxylation sites is 1. The standard InChI is InChI=1S/C17H20BrN5O4S3/c18-11-5-1-2-6-12(11)21-16(22-28)15(19)20-13-9-29-17(14(13)25)30(26,27)23-7-3-4-10(23)8-24/h1-2,5-6,9-10,24-25,28H,3-4,7-8H2,(H2,19,20)(H,21,22)/p+1. The molecule has 0 bridgehead atoms. The number of hydrogen-bond acceptors (Lipinski definition) is 7. The summed E-state index contributed by atoms with van der Waals surface area (Å²) in [6.07, 6.45) is 1.23. The van der Waals surface area contributed by atoms with E-state index in [1.165, 1.54) is 9.69 Å². The van der Waals surface area contributed by atoms with Crippen LogP contribution in [0.25, 0.3) is 0 Å². The molecule has 1 aromatic heterocycles. The van der Waals surface area contributed by atoms with Gasteiger partial charge >= 0.3 is 5.84 Å². The average Bonchev–Trinajstić information content (AvgIpc) is 3.35. The van der Waals surface area contributed by atoms with Crippen LogP contribution < -0.4 is 15.4 Å². The Balaban J connectivity index is 1.93. The van der Waals surface area contributed by atoms with Gasteiger partial charge in [0.15, 0.2) is 9.96 Å². The Morgan fingerprint density at radius 1 is 1.47 bits per heavy atom. The molecule has 2 aromatic rings. The number of nitrogens with two attached hydrogens (primary N) is 1. The predicted molar refractivity (Wildman–Crippen MR) is 123 cm³/mol. The number of benzene rings is 1. The van der Waals surface area contributed by atoms with Crippen LogP contribution in [-0.2, 0) is 10.0 Å². The van der Waals surface area contributed by atoms with Crippen molar-refractivity contribution >= 4 is 73.2 Å². The summed E-state index contributed by atoms with van der Waals surface area (Å²) in [6, 6.07) is 6.84. The molecule has 0 aliphatic carbocycles. The van der Waals surface area contributed by atoms with Gasteiger partial charge in [0, 0.05) is 30.8 Å². The Bertz CT molecular complexity index is 1090. The summed E-state index contributed by atoms with van der Waals surface area (Å²) < 4.78 is 30.2. The number of amidine groups is 2. The number of hydrogen-bond donors (Lipinski definition) is 6. The van der Waals surface area contributed by atoms with E-state index in [1.54, 1.807) is 0 Å². The van der Waals surface area contributed by atoms with E-state index in [4.69, 9.17) is 5.73 Å². The second kappa shape index (κ2) is 9.66. The molecule has 13 heteroatoms. The molecular weight excluding hydrogens is 514 g/mol. The summed E-state index contributed by atoms with van der Waals surface area (Å²) in [4.78, 5) is 7.18. The molecule has 0 radical (unpaired) electrons. The van der Waals surface area contributed by atoms with E-state index in [9.17, 15) is 18.6 Å². The zero-order valence-corrected chi connectivity index (χ0v) is 19.7. The van der Waals surface area contributed by atoms with Gasteiger partial charge in [-0.05, 0) is 40.9 Å². The minimum absolute atomic E-state index is 0.0193. The number of nitrogens with zero attached hydrogens (tertiary/aromatic N) is 2. The van der Waals surface area contributed by atoms with E-state index in [2.05, 4.69) is 43.5 Å². The van der Waals surface area contributed by atoms with E-state index >= 15 is 0 Å². The highest BCUT2D eigenvalue weighted by Gasteiger charge is 2.38. The largest absolute Gasteiger partial charge is 0.504 e. The predicted octanol–water partition coefficient (Wildman–Crippen LogP) is 0.596. The summed E-state index contributed by atoms with van der Waals surface area (Å²) >= 11 is 8.29. The molecular formula is C17H21BrN5O4S3+. The maximum absolute atomic E-state index is 12.9. The molecule has 2 heterocycles. The van der Waals surface area contributed by atoms with E-state index in [0.717, 1.165) is 15.8 Å². The smallest absolute Gasteiger partial charge is 0.327 e. The van der Waals surface area contributed by atoms with Crippen LogP contribution in [0.2, 0.25) is 0 Å². The third-order valence-corrected chi connectivity index (χ3v) is 8.88. The van der Waals surface area contributed by atoms with Gasteiger partial charge < -0.3 is 15.9 Å². The number of thiol groups is 1. The fourth-order valence-corrected chi connectivity index (χ4v) is 6.60. The van der Waals surface area contributed by atoms with Crippen molar-refractivity contribution in [2.24, 2.45) is 10.7 Å². The van der Waals surface area contributed by atoms with Gasteiger partial charge in [0.2, 0.25) is 5.84 Å². The Kier molecular flexibility index (Phi) is 7.42. The highest BCUT2D eigenvalue weighted by molar-refractivity contribution is 9.10. The highest BCUT2D eigenvalue weighted by Crippen LogP contribution is 2.42. The summed E-state index contributed by atoms with van der Waals surface area (Å²) in [5.74, 6) is -0.265. The second-order valence-electron chi connectivity index (χ2n) is 6.44. The molecule has 1 aliphatic rings. The zero-order chi connectivity index (χ0) is 21.9. The molecule has 0 amide bonds. The van der Waals surface area contributed by atoms with Crippen molar-refractivity contribution in [3.05, 3.63) is 34.1 Å². The number of sulfonamides is 1. The maximum atomic E-state index is 12.9. The molecule has 1 atom stereocenters. The van der Waals surface area contributed by atoms with Gasteiger partial charge in [-0.25, -0.2) is 23.1 Å². The number of aliphatic hydroxyl groups is 1. The first kappa shape index (κ1) is 23.0. The minimum Gasteiger partial charge on any atom is -0.504 e. The van der Waals surface area contributed by atoms with E-state index in [1.807, 2.05) is 24.3 Å². The van der Waals surface area contributed by atoms with Crippen LogP contribution in [0.3, 0.4) is 0 Å². The number of aliphatic hydroxyl groups excluding tert-OH is 1. The normalized spacial score (nSPS) is 18.7. The Morgan fingerprint density at radius 3 is 2.87 bits per heavy atom. The van der Waals surface area contributed by atoms with E-state index < -0.39 is 21.8 Å². The lowest BCUT2D eigenvalue weighted by Crippen LogP contribution is -2.72. The minimum atomic E-state index is -3.95. The lowest BCUT2D eigenvalue weighted by molar-refractivity contribution is -0.354. The first-order valence-corrected chi connectivity index (χ1v) is 12.4. The van der Waals surface area contributed by atoms with Gasteiger partial charge in [0.25, 0.3) is 10.0 Å². The first-order valence-electron chi connectivity index (χ1n) is 8.86. The maximum Gasteiger partial charge on any atom is 0.327 e. The number of rotatable bonds is 5. The number of aromatic hydroxyl groups is 1. The highest BCUT2D eigenvalue weighted by atomic mass is 79.9. The van der Waals surface area contributed by atoms with Crippen LogP contribution in [0.15, 0.2) is 43.3 Å². The fraction of sp³-hybridized carbons (Fsp3) is 0.294. The van der Waals surface area contributed by atoms with Crippen LogP contribution in [0, 0.1) is 0 Å². The zero-order valence-electron chi connectivity index (χ0n) is 15.6. The van der Waals surface area contributed by atoms with Crippen LogP contribution in [0.1, 0.15) is 12.8 Å². The van der Waals surface area contributed by atoms with Crippen LogP contribution >= 0.6 is 40.1 Å². The van der Waals surface area contributed by atoms with Gasteiger partial charge in [0.05, 0.1) is 11.1 Å². The summed E-state index contributed by atoms with van der Waals surface area (Å²) in [5.41, 5.74) is 6.76. The third-order valence-electron chi connectivity index (χ3n) is 4.53. The number of halogens is 1. The summed E-state index contributed by atoms with van der Waals surface area (Å²) in [6.45, 7) is 0.0268. The number of nitrogens with one attached hydrogen (secondary N) is 2. The lowest BCUT2D eigenvalue weighted by Gasteiger charge is -2.21. The van der Waals surface area contributed by atoms with Crippen LogP contribution in [0.5, 0.6) is 5.75 Å². The lowest BCUT2D eigenvalue weighted by atomic mass is 10.2. The summed E-state index contributed by atoms with van der Waals surface area (Å²) in [7, 11) is -3.95. The van der Waals surface area contributed by atoms with E-state index in [0.29, 0.717) is 25.1 Å². The van der Waals surface area contributed by atoms with Gasteiger partial charge in [-0.2, -0.15) is 4.31 Å². The van der Waals surface area contributed by atoms with Crippen molar-refractivity contribution in [2.75, 3.05) is 13.2 Å². The quantitative estimate of drug-likeness (QED) is 0.188. The molecule has 3 rings (SSSR count). The third kappa shape index (κ3) is 4.65. The molecule has 1 aromatic carbocycles. The van der Waals surface area contributed by atoms with Gasteiger partial charge in [0.1, 0.15) is 11.4 Å². The molecule has 162 valence electrons. The molecule has 0 spiro atoms. The van der Waals surface area contributed by atoms with Crippen molar-refractivity contribution < 1.29 is 23.6 Å². The Morgan fingerprint density at radius 2 is 2.20 bits per heavy atom. The molecule has 1 aliphatic heterocycles. The second-order valence-corrected chi connectivity index (χ2v) is 10.5. The molecule has 1 unspecified atom stereocenters. The van der Waals surface area contributed by atoms with Gasteiger partial charge in [-0.15, -0.1) is 11.3 Å². The average molecular weight is 535 g/mol. The fourth-order valence-electron chi connectivity index (χ4n) is 3.03. The van der Waals surface area contributed by atoms with Gasteiger partial charge in [-0.3, -0.25) is 0 Å². The molecule has 9 nitrogen and oxygen atoms in total. The van der Waals surface area contributed by atoms with Gasteiger partial charge in [-0.1, -0.05) is 12.1 Å². The SMILES string of the molecule is NC(=Nc1csc(S(=O)(=O)N2CCCC2CO)c1O)C(NS)=[NH+]c1ccccc1Br. The Labute approximate surface area is 192 Å². The van der Waals surface area contributed by atoms with E-state index in [-0.39, 0.29) is 28.2 Å². The molecule has 1 saturated heterocycles. The number of thiophene rings is 1. The summed E-state index contributed by atoms with van der Waals surface area (Å²) in [5, 5.41) is 21.4. The van der Waals surface area contributed by atoms with Crippen molar-refractivity contribution in [2.45, 2.75) is 23.1 Å². The van der Waals surface area contributed by atoms with Crippen molar-refractivity contribution in [1.29, 1.82) is 0 Å². The number of aliphatic imine (C=N–C) groups is 1. The topological polar surface area (TPSA) is 142 Å². The monoisotopic (exact) mass is 534 g/mol. The van der Waals surface area contributed by atoms with Crippen molar-refractivity contribution in [3.8, 4) is 5.75 Å². The van der Waals surface area contributed by atoms with Crippen LogP contribution in [0.4, 0.5) is 11.4 Å². The molecule has 1 fully saturated rings. The van der Waals surface area contributed by atoms with Crippen LogP contribution in [-0.4, -0.2) is 53.8 Å².